The minimum atomic E-state index is -2.97. The third kappa shape index (κ3) is 3.62. The van der Waals surface area contributed by atoms with Crippen LogP contribution < -0.4 is 4.74 Å². The summed E-state index contributed by atoms with van der Waals surface area (Å²) in [5.74, 6) is -2.42. The third-order valence-electron chi connectivity index (χ3n) is 2.92. The molecule has 0 aliphatic rings. The van der Waals surface area contributed by atoms with Crippen LogP contribution in [0.1, 0.15) is 29.9 Å². The summed E-state index contributed by atoms with van der Waals surface area (Å²) in [4.78, 5) is 14.7. The molecule has 1 aromatic carbocycles. The highest BCUT2D eigenvalue weighted by Gasteiger charge is 2.25. The first-order valence-electron chi connectivity index (χ1n) is 6.52. The number of ether oxygens (including phenoxy) is 1. The van der Waals surface area contributed by atoms with Crippen LogP contribution in [0, 0.1) is 0 Å². The highest BCUT2D eigenvalue weighted by molar-refractivity contribution is 5.80. The molecule has 3 nitrogen and oxygen atoms in total. The summed E-state index contributed by atoms with van der Waals surface area (Å²) in [5, 5.41) is 0. The molecule has 1 aromatic heterocycles. The molecule has 0 fully saturated rings. The molecule has 0 spiro atoms. The molecule has 21 heavy (non-hydrogen) atoms. The molecule has 0 bridgehead atoms. The van der Waals surface area contributed by atoms with Gasteiger partial charge in [0.05, 0.1) is 6.61 Å². The third-order valence-corrected chi connectivity index (χ3v) is 2.92. The van der Waals surface area contributed by atoms with Crippen molar-refractivity contribution in [2.24, 2.45) is 0 Å². The van der Waals surface area contributed by atoms with E-state index in [-0.39, 0.29) is 5.69 Å². The molecule has 0 saturated heterocycles. The fraction of sp³-hybridized carbons (Fsp3) is 0.250. The number of alkyl halides is 2. The smallest absolute Gasteiger partial charge is 0.286 e. The van der Waals surface area contributed by atoms with E-state index in [1.165, 1.54) is 12.3 Å². The van der Waals surface area contributed by atoms with Crippen molar-refractivity contribution in [1.29, 1.82) is 0 Å². The Balaban J connectivity index is 2.41. The minimum absolute atomic E-state index is 0.289. The summed E-state index contributed by atoms with van der Waals surface area (Å²) < 4.78 is 31.7. The van der Waals surface area contributed by atoms with Crippen LogP contribution in [0.15, 0.2) is 36.5 Å². The van der Waals surface area contributed by atoms with Crippen molar-refractivity contribution in [2.75, 3.05) is 6.61 Å². The van der Waals surface area contributed by atoms with E-state index in [0.717, 1.165) is 6.92 Å². The summed E-state index contributed by atoms with van der Waals surface area (Å²) in [5.41, 5.74) is 1.51. The van der Waals surface area contributed by atoms with Crippen molar-refractivity contribution < 1.29 is 18.3 Å². The van der Waals surface area contributed by atoms with Crippen molar-refractivity contribution >= 4 is 6.29 Å². The number of nitrogens with zero attached hydrogens (tertiary/aromatic N) is 1. The minimum Gasteiger partial charge on any atom is -0.494 e. The Kier molecular flexibility index (Phi) is 4.31. The number of aldehydes is 1. The van der Waals surface area contributed by atoms with Crippen LogP contribution in [-0.4, -0.2) is 17.9 Å². The van der Waals surface area contributed by atoms with Gasteiger partial charge in [-0.15, -0.1) is 0 Å². The van der Waals surface area contributed by atoms with E-state index in [1.807, 2.05) is 6.92 Å². The van der Waals surface area contributed by atoms with E-state index < -0.39 is 5.92 Å². The first-order valence-corrected chi connectivity index (χ1v) is 6.52. The molecule has 0 N–H and O–H groups in total. The Morgan fingerprint density at radius 2 is 2.00 bits per heavy atom. The number of halogens is 2. The summed E-state index contributed by atoms with van der Waals surface area (Å²) in [7, 11) is 0. The fourth-order valence-electron chi connectivity index (χ4n) is 1.93. The van der Waals surface area contributed by atoms with E-state index in [1.54, 1.807) is 24.3 Å². The standard InChI is InChI=1S/C16H15F2NO2/c1-3-21-14-7-11(10-20)6-13(8-14)12-4-5-15(19-9-12)16(2,17)18/h4-10H,3H2,1-2H3. The van der Waals surface area contributed by atoms with Crippen LogP contribution in [0.4, 0.5) is 8.78 Å². The molecule has 0 aliphatic heterocycles. The van der Waals surface area contributed by atoms with Gasteiger partial charge in [-0.1, -0.05) is 6.07 Å². The molecule has 5 heteroatoms. The van der Waals surface area contributed by atoms with Crippen LogP contribution in [0.3, 0.4) is 0 Å². The predicted octanol–water partition coefficient (Wildman–Crippen LogP) is 4.07. The second-order valence-electron chi connectivity index (χ2n) is 4.66. The Morgan fingerprint density at radius 3 is 2.52 bits per heavy atom. The quantitative estimate of drug-likeness (QED) is 0.779. The van der Waals surface area contributed by atoms with Gasteiger partial charge in [-0.2, -0.15) is 8.78 Å². The maximum Gasteiger partial charge on any atom is 0.286 e. The molecule has 110 valence electrons. The number of benzene rings is 1. The van der Waals surface area contributed by atoms with Crippen LogP contribution >= 0.6 is 0 Å². The van der Waals surface area contributed by atoms with Gasteiger partial charge in [0.15, 0.2) is 0 Å². The lowest BCUT2D eigenvalue weighted by molar-refractivity contribution is 0.0128. The van der Waals surface area contributed by atoms with Gasteiger partial charge in [0, 0.05) is 24.2 Å². The lowest BCUT2D eigenvalue weighted by Crippen LogP contribution is -2.09. The molecular formula is C16H15F2NO2. The Morgan fingerprint density at radius 1 is 1.24 bits per heavy atom. The van der Waals surface area contributed by atoms with Crippen molar-refractivity contribution in [1.82, 2.24) is 4.98 Å². The number of pyridine rings is 1. The number of hydrogen-bond donors (Lipinski definition) is 0. The van der Waals surface area contributed by atoms with E-state index in [4.69, 9.17) is 4.74 Å². The van der Waals surface area contributed by atoms with Crippen molar-refractivity contribution in [3.8, 4) is 16.9 Å². The zero-order valence-corrected chi connectivity index (χ0v) is 11.8. The normalized spacial score (nSPS) is 11.2. The average Bonchev–Trinajstić information content (AvgIpc) is 2.46. The Labute approximate surface area is 121 Å². The molecule has 0 radical (unpaired) electrons. The monoisotopic (exact) mass is 291 g/mol. The first kappa shape index (κ1) is 15.1. The maximum atomic E-state index is 13.1. The largest absolute Gasteiger partial charge is 0.494 e. The van der Waals surface area contributed by atoms with Crippen molar-refractivity contribution in [3.05, 3.63) is 47.8 Å². The van der Waals surface area contributed by atoms with Gasteiger partial charge in [-0.3, -0.25) is 9.78 Å². The van der Waals surface area contributed by atoms with Crippen molar-refractivity contribution in [2.45, 2.75) is 19.8 Å². The van der Waals surface area contributed by atoms with Gasteiger partial charge in [-0.25, -0.2) is 0 Å². The number of rotatable bonds is 5. The molecule has 0 aliphatic carbocycles. The number of carbonyl (C=O) groups is 1. The lowest BCUT2D eigenvalue weighted by Gasteiger charge is -2.11. The van der Waals surface area contributed by atoms with E-state index in [0.29, 0.717) is 35.3 Å². The van der Waals surface area contributed by atoms with Gasteiger partial charge in [0.1, 0.15) is 17.7 Å². The number of hydrogen-bond acceptors (Lipinski definition) is 3. The molecule has 0 atom stereocenters. The summed E-state index contributed by atoms with van der Waals surface area (Å²) in [6.07, 6.45) is 2.08. The topological polar surface area (TPSA) is 39.2 Å². The van der Waals surface area contributed by atoms with Gasteiger partial charge in [0.25, 0.3) is 5.92 Å². The molecule has 0 amide bonds. The lowest BCUT2D eigenvalue weighted by atomic mass is 10.0. The summed E-state index contributed by atoms with van der Waals surface area (Å²) >= 11 is 0. The Bertz CT molecular complexity index is 634. The van der Waals surface area contributed by atoms with E-state index in [9.17, 15) is 13.6 Å². The summed E-state index contributed by atoms with van der Waals surface area (Å²) in [6.45, 7) is 3.11. The highest BCUT2D eigenvalue weighted by atomic mass is 19.3. The second-order valence-corrected chi connectivity index (χ2v) is 4.66. The van der Waals surface area contributed by atoms with E-state index in [2.05, 4.69) is 4.98 Å². The van der Waals surface area contributed by atoms with Gasteiger partial charge in [0.2, 0.25) is 0 Å². The first-order chi connectivity index (χ1) is 9.94. The van der Waals surface area contributed by atoms with Crippen molar-refractivity contribution in [3.63, 3.8) is 0 Å². The molecule has 0 saturated carbocycles. The molecule has 2 aromatic rings. The molecular weight excluding hydrogens is 276 g/mol. The van der Waals surface area contributed by atoms with Crippen LogP contribution in [0.25, 0.3) is 11.1 Å². The van der Waals surface area contributed by atoms with Crippen LogP contribution in [-0.2, 0) is 5.92 Å². The van der Waals surface area contributed by atoms with Gasteiger partial charge >= 0.3 is 0 Å². The molecule has 2 rings (SSSR count). The molecule has 1 heterocycles. The number of aromatic nitrogens is 1. The second kappa shape index (κ2) is 5.99. The highest BCUT2D eigenvalue weighted by Crippen LogP contribution is 2.29. The zero-order chi connectivity index (χ0) is 15.5. The van der Waals surface area contributed by atoms with Crippen LogP contribution in [0.2, 0.25) is 0 Å². The Hall–Kier alpha value is -2.30. The predicted molar refractivity (Wildman–Crippen MR) is 75.8 cm³/mol. The van der Waals surface area contributed by atoms with Gasteiger partial charge < -0.3 is 4.74 Å². The number of carbonyl (C=O) groups excluding carboxylic acids is 1. The zero-order valence-electron chi connectivity index (χ0n) is 11.8. The average molecular weight is 291 g/mol. The maximum absolute atomic E-state index is 13.1. The fourth-order valence-corrected chi connectivity index (χ4v) is 1.93. The van der Waals surface area contributed by atoms with E-state index >= 15 is 0 Å². The molecule has 0 unspecified atom stereocenters. The van der Waals surface area contributed by atoms with Gasteiger partial charge in [-0.05, 0) is 36.8 Å². The summed E-state index contributed by atoms with van der Waals surface area (Å²) in [6, 6.07) is 7.87. The SMILES string of the molecule is CCOc1cc(C=O)cc(-c2ccc(C(C)(F)F)nc2)c1. The van der Waals surface area contributed by atoms with Crippen LogP contribution in [0.5, 0.6) is 5.75 Å².